The molecule has 0 amide bonds. The van der Waals surface area contributed by atoms with E-state index in [1.807, 2.05) is 42.5 Å². The van der Waals surface area contributed by atoms with Gasteiger partial charge in [0.05, 0.1) is 12.2 Å². The lowest BCUT2D eigenvalue weighted by Gasteiger charge is -2.09. The molecule has 0 unspecified atom stereocenters. The van der Waals surface area contributed by atoms with E-state index in [0.717, 1.165) is 52.4 Å². The van der Waals surface area contributed by atoms with Gasteiger partial charge in [-0.15, -0.1) is 0 Å². The van der Waals surface area contributed by atoms with Crippen molar-refractivity contribution < 1.29 is 9.15 Å². The molecular weight excluding hydrogens is 344 g/mol. The second kappa shape index (κ2) is 8.62. The van der Waals surface area contributed by atoms with E-state index in [-0.39, 0.29) is 0 Å². The summed E-state index contributed by atoms with van der Waals surface area (Å²) in [5, 5.41) is 0. The number of rotatable bonds is 7. The van der Waals surface area contributed by atoms with Crippen LogP contribution in [0.2, 0.25) is 0 Å². The average Bonchev–Trinajstić information content (AvgIpc) is 3.15. The summed E-state index contributed by atoms with van der Waals surface area (Å²) in [6.07, 6.45) is 2.10. The lowest BCUT2D eigenvalue weighted by Crippen LogP contribution is -1.98. The van der Waals surface area contributed by atoms with Crippen LogP contribution in [0.5, 0.6) is 5.75 Å². The van der Waals surface area contributed by atoms with Crippen molar-refractivity contribution in [1.82, 2.24) is 0 Å². The van der Waals surface area contributed by atoms with Crippen molar-refractivity contribution in [3.05, 3.63) is 91.0 Å². The van der Waals surface area contributed by atoms with Crippen molar-refractivity contribution in [2.24, 2.45) is 0 Å². The SMILES string of the molecule is CCCCOc1c(-c2ccccc2)oc(-c2ccccc2)c1-c1ccccc1. The highest BCUT2D eigenvalue weighted by molar-refractivity contribution is 5.90. The van der Waals surface area contributed by atoms with Crippen molar-refractivity contribution in [2.45, 2.75) is 19.8 Å². The Morgan fingerprint density at radius 3 is 1.68 bits per heavy atom. The first-order chi connectivity index (χ1) is 13.9. The highest BCUT2D eigenvalue weighted by Gasteiger charge is 2.25. The maximum absolute atomic E-state index is 6.48. The van der Waals surface area contributed by atoms with Crippen LogP contribution in [0.25, 0.3) is 33.8 Å². The smallest absolute Gasteiger partial charge is 0.177 e. The molecule has 0 atom stereocenters. The summed E-state index contributed by atoms with van der Waals surface area (Å²) in [5.41, 5.74) is 4.18. The van der Waals surface area contributed by atoms with Crippen molar-refractivity contribution in [2.75, 3.05) is 6.61 Å². The number of hydrogen-bond donors (Lipinski definition) is 0. The zero-order valence-electron chi connectivity index (χ0n) is 16.1. The Labute approximate surface area is 166 Å². The highest BCUT2D eigenvalue weighted by atomic mass is 16.5. The largest absolute Gasteiger partial charge is 0.489 e. The van der Waals surface area contributed by atoms with E-state index in [1.54, 1.807) is 0 Å². The summed E-state index contributed by atoms with van der Waals surface area (Å²) in [4.78, 5) is 0. The van der Waals surface area contributed by atoms with Gasteiger partial charge in [0.15, 0.2) is 11.5 Å². The molecule has 4 rings (SSSR count). The Hall–Kier alpha value is -3.26. The van der Waals surface area contributed by atoms with Gasteiger partial charge in [0, 0.05) is 11.1 Å². The fraction of sp³-hybridized carbons (Fsp3) is 0.154. The van der Waals surface area contributed by atoms with Crippen LogP contribution >= 0.6 is 0 Å². The van der Waals surface area contributed by atoms with Crippen LogP contribution in [0, 0.1) is 0 Å². The molecule has 0 aliphatic carbocycles. The van der Waals surface area contributed by atoms with E-state index < -0.39 is 0 Å². The van der Waals surface area contributed by atoms with Crippen LogP contribution in [-0.2, 0) is 0 Å². The quantitative estimate of drug-likeness (QED) is 0.316. The lowest BCUT2D eigenvalue weighted by molar-refractivity contribution is 0.309. The van der Waals surface area contributed by atoms with Crippen LogP contribution in [-0.4, -0.2) is 6.61 Å². The van der Waals surface area contributed by atoms with Gasteiger partial charge in [-0.05, 0) is 12.0 Å². The van der Waals surface area contributed by atoms with E-state index in [1.165, 1.54) is 0 Å². The van der Waals surface area contributed by atoms with Crippen LogP contribution in [0.4, 0.5) is 0 Å². The molecule has 0 radical (unpaired) electrons. The molecule has 0 bridgehead atoms. The number of ether oxygens (including phenoxy) is 1. The number of unbranched alkanes of at least 4 members (excludes halogenated alkanes) is 1. The van der Waals surface area contributed by atoms with E-state index in [4.69, 9.17) is 9.15 Å². The van der Waals surface area contributed by atoms with Gasteiger partial charge in [-0.2, -0.15) is 0 Å². The van der Waals surface area contributed by atoms with Gasteiger partial charge in [0.2, 0.25) is 0 Å². The molecule has 28 heavy (non-hydrogen) atoms. The predicted molar refractivity (Wildman–Crippen MR) is 115 cm³/mol. The first-order valence-electron chi connectivity index (χ1n) is 9.84. The molecule has 1 aromatic heterocycles. The molecule has 0 spiro atoms. The summed E-state index contributed by atoms with van der Waals surface area (Å²) < 4.78 is 12.8. The van der Waals surface area contributed by atoms with Crippen LogP contribution in [0.15, 0.2) is 95.4 Å². The van der Waals surface area contributed by atoms with Gasteiger partial charge >= 0.3 is 0 Å². The lowest BCUT2D eigenvalue weighted by atomic mass is 10.00. The second-order valence-electron chi connectivity index (χ2n) is 6.76. The molecule has 3 aromatic carbocycles. The van der Waals surface area contributed by atoms with Gasteiger partial charge < -0.3 is 9.15 Å². The maximum atomic E-state index is 6.48. The Bertz CT molecular complexity index is 1000. The minimum atomic E-state index is 0.671. The normalized spacial score (nSPS) is 10.8. The monoisotopic (exact) mass is 368 g/mol. The molecule has 140 valence electrons. The Morgan fingerprint density at radius 2 is 1.14 bits per heavy atom. The Morgan fingerprint density at radius 1 is 0.643 bits per heavy atom. The molecule has 0 aliphatic heterocycles. The van der Waals surface area contributed by atoms with Crippen LogP contribution in [0.1, 0.15) is 19.8 Å². The summed E-state index contributed by atoms with van der Waals surface area (Å²) in [7, 11) is 0. The third-order valence-corrected chi connectivity index (χ3v) is 4.74. The van der Waals surface area contributed by atoms with E-state index in [2.05, 4.69) is 55.5 Å². The van der Waals surface area contributed by atoms with Gasteiger partial charge in [0.25, 0.3) is 0 Å². The average molecular weight is 368 g/mol. The minimum Gasteiger partial charge on any atom is -0.489 e. The molecule has 1 heterocycles. The molecular formula is C26H24O2. The summed E-state index contributed by atoms with van der Waals surface area (Å²) in [6, 6.07) is 30.8. The first-order valence-corrected chi connectivity index (χ1v) is 9.84. The molecule has 0 fully saturated rings. The van der Waals surface area contributed by atoms with Gasteiger partial charge in [-0.1, -0.05) is 104 Å². The molecule has 2 heteroatoms. The summed E-state index contributed by atoms with van der Waals surface area (Å²) in [5.74, 6) is 2.45. The van der Waals surface area contributed by atoms with E-state index in [0.29, 0.717) is 6.61 Å². The standard InChI is InChI=1S/C26H24O2/c1-2-3-19-27-26-23(20-13-7-4-8-14-20)24(21-15-9-5-10-16-21)28-25(26)22-17-11-6-12-18-22/h4-18H,2-3,19H2,1H3. The summed E-state index contributed by atoms with van der Waals surface area (Å²) >= 11 is 0. The minimum absolute atomic E-state index is 0.671. The van der Waals surface area contributed by atoms with Gasteiger partial charge in [-0.3, -0.25) is 0 Å². The van der Waals surface area contributed by atoms with E-state index in [9.17, 15) is 0 Å². The Kier molecular flexibility index (Phi) is 5.58. The molecule has 0 saturated carbocycles. The number of hydrogen-bond acceptors (Lipinski definition) is 2. The molecule has 0 aliphatic rings. The fourth-order valence-electron chi connectivity index (χ4n) is 3.31. The van der Waals surface area contributed by atoms with Gasteiger partial charge in [-0.25, -0.2) is 0 Å². The zero-order valence-corrected chi connectivity index (χ0v) is 16.1. The molecule has 0 saturated heterocycles. The highest BCUT2D eigenvalue weighted by Crippen LogP contribution is 2.48. The van der Waals surface area contributed by atoms with Crippen molar-refractivity contribution >= 4 is 0 Å². The first kappa shape index (κ1) is 18.1. The van der Waals surface area contributed by atoms with Crippen LogP contribution < -0.4 is 4.74 Å². The fourth-order valence-corrected chi connectivity index (χ4v) is 3.31. The summed E-state index contributed by atoms with van der Waals surface area (Å²) in [6.45, 7) is 2.84. The third-order valence-electron chi connectivity index (χ3n) is 4.74. The van der Waals surface area contributed by atoms with E-state index >= 15 is 0 Å². The molecule has 4 aromatic rings. The predicted octanol–water partition coefficient (Wildman–Crippen LogP) is 7.46. The Balaban J connectivity index is 1.95. The van der Waals surface area contributed by atoms with Crippen LogP contribution in [0.3, 0.4) is 0 Å². The van der Waals surface area contributed by atoms with Crippen molar-refractivity contribution in [1.29, 1.82) is 0 Å². The molecule has 2 nitrogen and oxygen atoms in total. The number of furan rings is 1. The van der Waals surface area contributed by atoms with Crippen molar-refractivity contribution in [3.8, 4) is 39.5 Å². The second-order valence-corrected chi connectivity index (χ2v) is 6.76. The van der Waals surface area contributed by atoms with Gasteiger partial charge in [0.1, 0.15) is 5.76 Å². The maximum Gasteiger partial charge on any atom is 0.177 e. The third kappa shape index (κ3) is 3.72. The molecule has 0 N–H and O–H groups in total. The zero-order chi connectivity index (χ0) is 19.2. The number of benzene rings is 3. The van der Waals surface area contributed by atoms with Crippen molar-refractivity contribution in [3.63, 3.8) is 0 Å². The topological polar surface area (TPSA) is 22.4 Å².